The number of hydrogen-bond acceptors (Lipinski definition) is 8. The monoisotopic (exact) mass is 485 g/mol. The van der Waals surface area contributed by atoms with Gasteiger partial charge in [-0.3, -0.25) is 9.59 Å². The van der Waals surface area contributed by atoms with Crippen LogP contribution < -0.4 is 20.3 Å². The lowest BCUT2D eigenvalue weighted by atomic mass is 10.1. The van der Waals surface area contributed by atoms with Crippen molar-refractivity contribution in [1.29, 1.82) is 0 Å². The van der Waals surface area contributed by atoms with Crippen LogP contribution in [0.15, 0.2) is 24.4 Å². The average molecular weight is 486 g/mol. The highest BCUT2D eigenvalue weighted by atomic mass is 35.5. The van der Waals surface area contributed by atoms with Crippen molar-refractivity contribution >= 4 is 51.9 Å². The number of nitrogens with one attached hydrogen (secondary N) is 3. The predicted molar refractivity (Wildman–Crippen MR) is 127 cm³/mol. The minimum Gasteiger partial charge on any atom is -0.495 e. The van der Waals surface area contributed by atoms with Crippen LogP contribution in [-0.4, -0.2) is 84.7 Å². The lowest BCUT2D eigenvalue weighted by Crippen LogP contribution is -2.48. The minimum atomic E-state index is -0.0821. The normalized spacial score (nSPS) is 16.5. The summed E-state index contributed by atoms with van der Waals surface area (Å²) >= 11 is 6.38. The Morgan fingerprint density at radius 2 is 2.06 bits per heavy atom. The highest BCUT2D eigenvalue weighted by Crippen LogP contribution is 2.34. The zero-order chi connectivity index (χ0) is 23.7. The highest BCUT2D eigenvalue weighted by molar-refractivity contribution is 6.36. The van der Waals surface area contributed by atoms with Gasteiger partial charge in [-0.15, -0.1) is 0 Å². The van der Waals surface area contributed by atoms with Crippen LogP contribution in [-0.2, 0) is 9.53 Å². The Kier molecular flexibility index (Phi) is 6.12. The molecule has 0 bridgehead atoms. The lowest BCUT2D eigenvalue weighted by molar-refractivity contribution is -0.120. The van der Waals surface area contributed by atoms with Gasteiger partial charge in [0.2, 0.25) is 11.9 Å². The van der Waals surface area contributed by atoms with Crippen molar-refractivity contribution in [1.82, 2.24) is 25.2 Å². The van der Waals surface area contributed by atoms with Crippen molar-refractivity contribution in [3.8, 4) is 5.75 Å². The molecule has 178 valence electrons. The van der Waals surface area contributed by atoms with Crippen LogP contribution in [0.25, 0.3) is 11.0 Å². The Balaban J connectivity index is 1.45. The summed E-state index contributed by atoms with van der Waals surface area (Å²) in [6, 6.07) is 5.19. The van der Waals surface area contributed by atoms with E-state index in [1.54, 1.807) is 29.3 Å². The smallest absolute Gasteiger partial charge is 0.254 e. The van der Waals surface area contributed by atoms with Gasteiger partial charge in [-0.05, 0) is 18.2 Å². The van der Waals surface area contributed by atoms with E-state index in [2.05, 4.69) is 25.6 Å². The van der Waals surface area contributed by atoms with Crippen molar-refractivity contribution < 1.29 is 19.1 Å². The van der Waals surface area contributed by atoms with E-state index in [0.717, 1.165) is 0 Å². The topological polar surface area (TPSA) is 125 Å². The first-order valence-corrected chi connectivity index (χ1v) is 11.3. The highest BCUT2D eigenvalue weighted by Gasteiger charge is 2.24. The van der Waals surface area contributed by atoms with E-state index in [4.69, 9.17) is 21.1 Å². The third kappa shape index (κ3) is 4.31. The Morgan fingerprint density at radius 3 is 2.82 bits per heavy atom. The molecule has 0 unspecified atom stereocenters. The molecule has 2 fully saturated rings. The van der Waals surface area contributed by atoms with Gasteiger partial charge in [0, 0.05) is 37.9 Å². The Hall–Kier alpha value is -3.57. The zero-order valence-corrected chi connectivity index (χ0v) is 19.3. The predicted octanol–water partition coefficient (Wildman–Crippen LogP) is 1.77. The Bertz CT molecular complexity index is 1240. The van der Waals surface area contributed by atoms with Crippen LogP contribution in [0.1, 0.15) is 10.4 Å². The molecule has 0 spiro atoms. The van der Waals surface area contributed by atoms with Crippen LogP contribution >= 0.6 is 11.6 Å². The summed E-state index contributed by atoms with van der Waals surface area (Å²) in [5.41, 5.74) is 1.67. The number of H-pyrrole nitrogens is 1. The molecule has 4 heterocycles. The molecule has 2 aromatic heterocycles. The second-order valence-electron chi connectivity index (χ2n) is 7.95. The fraction of sp³-hybridized carbons (Fsp3) is 0.364. The molecule has 2 saturated heterocycles. The van der Waals surface area contributed by atoms with Gasteiger partial charge >= 0.3 is 0 Å². The maximum atomic E-state index is 12.8. The number of anilines is 3. The SMILES string of the molecule is COc1cc(C(=O)N2CCOCC2)ccc1Nc1nc(N2CCNC(=O)C2)c2c(Cl)c[nH]c2n1. The third-order valence-corrected chi connectivity index (χ3v) is 6.09. The molecule has 0 radical (unpaired) electrons. The summed E-state index contributed by atoms with van der Waals surface area (Å²) in [4.78, 5) is 40.7. The summed E-state index contributed by atoms with van der Waals surface area (Å²) < 4.78 is 10.9. The second kappa shape index (κ2) is 9.35. The van der Waals surface area contributed by atoms with Crippen molar-refractivity contribution in [3.63, 3.8) is 0 Å². The van der Waals surface area contributed by atoms with Gasteiger partial charge in [0.05, 0.1) is 43.0 Å². The fourth-order valence-corrected chi connectivity index (χ4v) is 4.31. The van der Waals surface area contributed by atoms with Gasteiger partial charge in [-0.25, -0.2) is 0 Å². The first kappa shape index (κ1) is 22.2. The molecule has 2 amide bonds. The maximum absolute atomic E-state index is 12.8. The number of ether oxygens (including phenoxy) is 2. The van der Waals surface area contributed by atoms with E-state index in [9.17, 15) is 9.59 Å². The Labute approximate surface area is 200 Å². The number of hydrogen-bond donors (Lipinski definition) is 3. The molecule has 12 heteroatoms. The molecule has 3 N–H and O–H groups in total. The van der Waals surface area contributed by atoms with E-state index in [1.807, 2.05) is 4.90 Å². The zero-order valence-electron chi connectivity index (χ0n) is 18.6. The van der Waals surface area contributed by atoms with Crippen molar-refractivity contribution in [2.45, 2.75) is 0 Å². The second-order valence-corrected chi connectivity index (χ2v) is 8.35. The number of piperazine rings is 1. The number of methoxy groups -OCH3 is 1. The van der Waals surface area contributed by atoms with E-state index in [0.29, 0.717) is 84.2 Å². The van der Waals surface area contributed by atoms with Gasteiger partial charge < -0.3 is 34.9 Å². The number of aromatic amines is 1. The van der Waals surface area contributed by atoms with Crippen LogP contribution in [0.4, 0.5) is 17.5 Å². The largest absolute Gasteiger partial charge is 0.495 e. The third-order valence-electron chi connectivity index (χ3n) is 5.80. The summed E-state index contributed by atoms with van der Waals surface area (Å²) in [7, 11) is 1.54. The Morgan fingerprint density at radius 1 is 1.24 bits per heavy atom. The molecule has 5 rings (SSSR count). The molecule has 0 atom stereocenters. The quantitative estimate of drug-likeness (QED) is 0.499. The molecular weight excluding hydrogens is 462 g/mol. The number of nitrogens with zero attached hydrogens (tertiary/aromatic N) is 4. The van der Waals surface area contributed by atoms with Gasteiger partial charge in [0.1, 0.15) is 17.2 Å². The number of carbonyl (C=O) groups is 2. The minimum absolute atomic E-state index is 0.0718. The van der Waals surface area contributed by atoms with Crippen LogP contribution in [0.2, 0.25) is 5.02 Å². The standard InChI is InChI=1S/C22H24ClN7O4/c1-33-16-10-13(21(32)29-6-8-34-9-7-29)2-3-15(16)26-22-27-19-18(14(23)11-25-19)20(28-22)30-5-4-24-17(31)12-30/h2-3,10-11H,4-9,12H2,1H3,(H,24,31)(H2,25,26,27,28). The molecule has 2 aliphatic heterocycles. The molecule has 11 nitrogen and oxygen atoms in total. The maximum Gasteiger partial charge on any atom is 0.254 e. The van der Waals surface area contributed by atoms with E-state index < -0.39 is 0 Å². The van der Waals surface area contributed by atoms with Gasteiger partial charge in [0.25, 0.3) is 5.91 Å². The van der Waals surface area contributed by atoms with E-state index in [1.165, 1.54) is 7.11 Å². The average Bonchev–Trinajstić information content (AvgIpc) is 3.24. The number of rotatable bonds is 5. The lowest BCUT2D eigenvalue weighted by Gasteiger charge is -2.28. The van der Waals surface area contributed by atoms with Crippen LogP contribution in [0, 0.1) is 0 Å². The number of benzene rings is 1. The molecule has 34 heavy (non-hydrogen) atoms. The molecule has 2 aliphatic rings. The number of carbonyl (C=O) groups excluding carboxylic acids is 2. The fourth-order valence-electron chi connectivity index (χ4n) is 4.08. The van der Waals surface area contributed by atoms with Gasteiger partial charge in [-0.1, -0.05) is 11.6 Å². The summed E-state index contributed by atoms with van der Waals surface area (Å²) in [6.45, 7) is 3.48. The van der Waals surface area contributed by atoms with Crippen LogP contribution in [0.5, 0.6) is 5.75 Å². The summed E-state index contributed by atoms with van der Waals surface area (Å²) in [6.07, 6.45) is 1.64. The number of morpholine rings is 1. The van der Waals surface area contributed by atoms with Crippen molar-refractivity contribution in [3.05, 3.63) is 35.0 Å². The summed E-state index contributed by atoms with van der Waals surface area (Å²) in [5, 5.41) is 7.12. The molecule has 1 aromatic carbocycles. The first-order valence-electron chi connectivity index (χ1n) is 10.9. The van der Waals surface area contributed by atoms with Crippen LogP contribution in [0.3, 0.4) is 0 Å². The molecule has 0 aliphatic carbocycles. The van der Waals surface area contributed by atoms with E-state index in [-0.39, 0.29) is 18.4 Å². The number of aromatic nitrogens is 3. The number of halogens is 1. The van der Waals surface area contributed by atoms with Gasteiger partial charge in [0.15, 0.2) is 0 Å². The molecule has 0 saturated carbocycles. The summed E-state index contributed by atoms with van der Waals surface area (Å²) in [5.74, 6) is 1.19. The van der Waals surface area contributed by atoms with Crippen molar-refractivity contribution in [2.75, 3.05) is 63.3 Å². The van der Waals surface area contributed by atoms with E-state index >= 15 is 0 Å². The van der Waals surface area contributed by atoms with Crippen molar-refractivity contribution in [2.24, 2.45) is 0 Å². The first-order chi connectivity index (χ1) is 16.5. The molecule has 3 aromatic rings. The molecular formula is C22H24ClN7O4. The number of fused-ring (bicyclic) bond motifs is 1. The van der Waals surface area contributed by atoms with Gasteiger partial charge in [-0.2, -0.15) is 9.97 Å². The number of amides is 2.